The fraction of sp³-hybridized carbons (Fsp3) is 1.00. The predicted molar refractivity (Wildman–Crippen MR) is 48.9 cm³/mol. The average molecular weight is 198 g/mol. The van der Waals surface area contributed by atoms with E-state index in [0.29, 0.717) is 13.2 Å². The second-order valence-corrected chi connectivity index (χ2v) is 4.55. The first kappa shape index (κ1) is 10.8. The second-order valence-electron chi connectivity index (χ2n) is 1.38. The molecule has 0 amide bonds. The molecular formula is C5H11O2PS2. The molecule has 0 aromatic carbocycles. The highest BCUT2D eigenvalue weighted by Gasteiger charge is 2.05. The SMILES string of the molecule is CCOC(OCC)SP=S. The van der Waals surface area contributed by atoms with E-state index in [1.165, 1.54) is 11.4 Å². The normalized spacial score (nSPS) is 11.1. The minimum atomic E-state index is -0.172. The number of rotatable bonds is 6. The van der Waals surface area contributed by atoms with E-state index in [9.17, 15) is 0 Å². The summed E-state index contributed by atoms with van der Waals surface area (Å²) in [5, 5.41) is 0. The summed E-state index contributed by atoms with van der Waals surface area (Å²) in [6.07, 6.45) is 0. The smallest absolute Gasteiger partial charge is 0.215 e. The van der Waals surface area contributed by atoms with E-state index >= 15 is 0 Å². The van der Waals surface area contributed by atoms with Gasteiger partial charge < -0.3 is 9.47 Å². The third kappa shape index (κ3) is 5.57. The molecule has 0 saturated carbocycles. The van der Waals surface area contributed by atoms with Crippen LogP contribution in [-0.2, 0) is 21.3 Å². The lowest BCUT2D eigenvalue weighted by atomic mass is 10.9. The summed E-state index contributed by atoms with van der Waals surface area (Å²) in [6, 6.07) is 0. The molecule has 10 heavy (non-hydrogen) atoms. The molecule has 0 saturated heterocycles. The maximum absolute atomic E-state index is 5.19. The van der Waals surface area contributed by atoms with Gasteiger partial charge in [0.1, 0.15) is 0 Å². The minimum Gasteiger partial charge on any atom is -0.343 e. The first-order chi connectivity index (χ1) is 4.85. The van der Waals surface area contributed by atoms with E-state index in [0.717, 1.165) is 6.56 Å². The van der Waals surface area contributed by atoms with Crippen molar-refractivity contribution >= 4 is 29.7 Å². The first-order valence-corrected chi connectivity index (χ1v) is 6.46. The van der Waals surface area contributed by atoms with Crippen molar-refractivity contribution in [3.8, 4) is 0 Å². The van der Waals surface area contributed by atoms with Gasteiger partial charge in [0.05, 0.1) is 0 Å². The van der Waals surface area contributed by atoms with E-state index in [2.05, 4.69) is 0 Å². The van der Waals surface area contributed by atoms with E-state index in [4.69, 9.17) is 21.3 Å². The van der Waals surface area contributed by atoms with Gasteiger partial charge in [0.15, 0.2) is 0 Å². The van der Waals surface area contributed by atoms with Crippen LogP contribution < -0.4 is 0 Å². The third-order valence-electron chi connectivity index (χ3n) is 0.735. The van der Waals surface area contributed by atoms with Crippen LogP contribution in [0.5, 0.6) is 0 Å². The molecule has 0 radical (unpaired) electrons. The van der Waals surface area contributed by atoms with Gasteiger partial charge >= 0.3 is 0 Å². The summed E-state index contributed by atoms with van der Waals surface area (Å²) < 4.78 is 10.4. The van der Waals surface area contributed by atoms with Gasteiger partial charge in [0.25, 0.3) is 0 Å². The molecule has 0 fully saturated rings. The van der Waals surface area contributed by atoms with Gasteiger partial charge in [-0.2, -0.15) is 0 Å². The largest absolute Gasteiger partial charge is 0.343 e. The zero-order valence-electron chi connectivity index (χ0n) is 6.07. The molecule has 0 N–H and O–H groups in total. The Balaban J connectivity index is 3.38. The van der Waals surface area contributed by atoms with Crippen LogP contribution in [0.25, 0.3) is 0 Å². The first-order valence-electron chi connectivity index (χ1n) is 3.06. The van der Waals surface area contributed by atoms with E-state index in [-0.39, 0.29) is 5.62 Å². The predicted octanol–water partition coefficient (Wildman–Crippen LogP) is 2.40. The van der Waals surface area contributed by atoms with Crippen LogP contribution in [0, 0.1) is 0 Å². The lowest BCUT2D eigenvalue weighted by Crippen LogP contribution is -2.10. The molecule has 0 bridgehead atoms. The van der Waals surface area contributed by atoms with Crippen molar-refractivity contribution in [1.82, 2.24) is 0 Å². The van der Waals surface area contributed by atoms with Crippen molar-refractivity contribution < 1.29 is 9.47 Å². The number of hydrogen-bond donors (Lipinski definition) is 0. The van der Waals surface area contributed by atoms with Crippen molar-refractivity contribution in [1.29, 1.82) is 0 Å². The van der Waals surface area contributed by atoms with Gasteiger partial charge in [-0.1, -0.05) is 0 Å². The summed E-state index contributed by atoms with van der Waals surface area (Å²) in [4.78, 5) is 0. The van der Waals surface area contributed by atoms with Crippen LogP contribution in [0.4, 0.5) is 0 Å². The van der Waals surface area contributed by atoms with Gasteiger partial charge in [-0.15, -0.1) is 0 Å². The zero-order valence-corrected chi connectivity index (χ0v) is 8.60. The lowest BCUT2D eigenvalue weighted by Gasteiger charge is -2.12. The molecule has 0 aliphatic heterocycles. The van der Waals surface area contributed by atoms with Gasteiger partial charge in [-0.3, -0.25) is 0 Å². The van der Waals surface area contributed by atoms with Gasteiger partial charge in [-0.25, -0.2) is 0 Å². The maximum atomic E-state index is 5.19. The molecule has 5 heteroatoms. The molecular weight excluding hydrogens is 187 g/mol. The summed E-state index contributed by atoms with van der Waals surface area (Å²) in [7, 11) is 0. The van der Waals surface area contributed by atoms with Crippen molar-refractivity contribution in [2.24, 2.45) is 0 Å². The molecule has 0 spiro atoms. The Hall–Kier alpha value is 0.790. The average Bonchev–Trinajstić information content (AvgIpc) is 1.90. The topological polar surface area (TPSA) is 18.5 Å². The van der Waals surface area contributed by atoms with E-state index in [1.807, 2.05) is 13.8 Å². The van der Waals surface area contributed by atoms with E-state index in [1.54, 1.807) is 0 Å². The lowest BCUT2D eigenvalue weighted by molar-refractivity contribution is -0.0727. The van der Waals surface area contributed by atoms with Gasteiger partial charge in [0, 0.05) is 19.8 Å². The second kappa shape index (κ2) is 7.89. The summed E-state index contributed by atoms with van der Waals surface area (Å²) in [5.74, 6) is 0. The quantitative estimate of drug-likeness (QED) is 0.481. The Morgan fingerprint density at radius 3 is 2.20 bits per heavy atom. The van der Waals surface area contributed by atoms with Gasteiger partial charge in [-0.05, 0) is 37.0 Å². The van der Waals surface area contributed by atoms with Crippen molar-refractivity contribution in [2.45, 2.75) is 19.5 Å². The molecule has 0 aliphatic carbocycles. The van der Waals surface area contributed by atoms with Crippen LogP contribution in [-0.4, -0.2) is 18.8 Å². The Morgan fingerprint density at radius 1 is 1.40 bits per heavy atom. The highest BCUT2D eigenvalue weighted by atomic mass is 32.9. The molecule has 60 valence electrons. The summed E-state index contributed by atoms with van der Waals surface area (Å²) in [5.41, 5.74) is -0.172. The van der Waals surface area contributed by atoms with Crippen LogP contribution in [0.15, 0.2) is 0 Å². The van der Waals surface area contributed by atoms with E-state index < -0.39 is 0 Å². The van der Waals surface area contributed by atoms with Crippen molar-refractivity contribution in [2.75, 3.05) is 13.2 Å². The summed E-state index contributed by atoms with van der Waals surface area (Å²) in [6.45, 7) is 6.04. The molecule has 0 unspecified atom stereocenters. The zero-order chi connectivity index (χ0) is 7.82. The molecule has 0 heterocycles. The summed E-state index contributed by atoms with van der Waals surface area (Å²) >= 11 is 6.20. The molecule has 0 aliphatic rings. The fourth-order valence-corrected chi connectivity index (χ4v) is 2.09. The Bertz CT molecular complexity index is 85.7. The molecule has 0 atom stereocenters. The van der Waals surface area contributed by atoms with Crippen LogP contribution in [0.3, 0.4) is 0 Å². The Kier molecular flexibility index (Phi) is 8.52. The monoisotopic (exact) mass is 198 g/mol. The minimum absolute atomic E-state index is 0.172. The molecule has 0 rings (SSSR count). The third-order valence-corrected chi connectivity index (χ3v) is 2.81. The highest BCUT2D eigenvalue weighted by molar-refractivity contribution is 8.58. The molecule has 0 aromatic heterocycles. The Morgan fingerprint density at radius 2 is 1.90 bits per heavy atom. The maximum Gasteiger partial charge on any atom is 0.215 e. The van der Waals surface area contributed by atoms with Crippen LogP contribution in [0.1, 0.15) is 13.8 Å². The fourth-order valence-electron chi connectivity index (χ4n) is 0.416. The number of ether oxygens (including phenoxy) is 2. The van der Waals surface area contributed by atoms with Crippen molar-refractivity contribution in [3.63, 3.8) is 0 Å². The molecule has 0 aromatic rings. The number of hydrogen-bond acceptors (Lipinski definition) is 4. The molecule has 2 nitrogen and oxygen atoms in total. The van der Waals surface area contributed by atoms with Crippen LogP contribution >= 0.6 is 17.9 Å². The highest BCUT2D eigenvalue weighted by Crippen LogP contribution is 2.25. The standard InChI is InChI=1S/C5H11O2PS2/c1-3-6-5(7-4-2)10-8-9/h5H,3-4H2,1-2H3. The Labute approximate surface area is 72.2 Å². The van der Waals surface area contributed by atoms with Crippen molar-refractivity contribution in [3.05, 3.63) is 0 Å². The van der Waals surface area contributed by atoms with Crippen LogP contribution in [0.2, 0.25) is 0 Å². The van der Waals surface area contributed by atoms with Gasteiger partial charge in [0.2, 0.25) is 5.62 Å².